The second kappa shape index (κ2) is 9.49. The molecule has 0 aromatic heterocycles. The molecule has 0 unspecified atom stereocenters. The van der Waals surface area contributed by atoms with Gasteiger partial charge >= 0.3 is 0 Å². The molecule has 0 saturated carbocycles. The van der Waals surface area contributed by atoms with Gasteiger partial charge in [-0.25, -0.2) is 0 Å². The van der Waals surface area contributed by atoms with E-state index in [0.29, 0.717) is 28.6 Å². The van der Waals surface area contributed by atoms with Crippen LogP contribution in [-0.2, 0) is 6.42 Å². The summed E-state index contributed by atoms with van der Waals surface area (Å²) in [5, 5.41) is 0.351. The van der Waals surface area contributed by atoms with Crippen molar-refractivity contribution in [2.24, 2.45) is 0 Å². The van der Waals surface area contributed by atoms with Gasteiger partial charge in [-0.15, -0.1) is 0 Å². The number of benzene rings is 3. The molecule has 0 bridgehead atoms. The third-order valence-corrected chi connectivity index (χ3v) is 5.97. The number of anilines is 1. The number of aryl methyl sites for hydroxylation is 2. The number of ether oxygens (including phenoxy) is 2. The Balaban J connectivity index is 1.60. The molecule has 1 heterocycles. The van der Waals surface area contributed by atoms with Gasteiger partial charge in [0.2, 0.25) is 0 Å². The lowest BCUT2D eigenvalue weighted by molar-refractivity contribution is 0.0984. The first-order chi connectivity index (χ1) is 15.5. The van der Waals surface area contributed by atoms with Gasteiger partial charge < -0.3 is 14.4 Å². The summed E-state index contributed by atoms with van der Waals surface area (Å²) >= 11 is 6.33. The van der Waals surface area contributed by atoms with E-state index in [-0.39, 0.29) is 5.91 Å². The van der Waals surface area contributed by atoms with Crippen LogP contribution in [0, 0.1) is 6.92 Å². The van der Waals surface area contributed by atoms with Gasteiger partial charge in [0.25, 0.3) is 5.91 Å². The van der Waals surface area contributed by atoms with Crippen LogP contribution < -0.4 is 14.4 Å². The molecule has 4 rings (SSSR count). The first kappa shape index (κ1) is 22.0. The molecular weight excluding hydrogens is 422 g/mol. The van der Waals surface area contributed by atoms with Crippen molar-refractivity contribution in [1.29, 1.82) is 0 Å². The molecule has 0 spiro atoms. The van der Waals surface area contributed by atoms with E-state index in [0.717, 1.165) is 29.7 Å². The zero-order chi connectivity index (χ0) is 22.7. The molecule has 1 aliphatic heterocycles. The van der Waals surface area contributed by atoms with Crippen molar-refractivity contribution in [1.82, 2.24) is 0 Å². The Kier molecular flexibility index (Phi) is 6.52. The maximum Gasteiger partial charge on any atom is 0.258 e. The van der Waals surface area contributed by atoms with Gasteiger partial charge in [0.15, 0.2) is 11.5 Å². The molecule has 32 heavy (non-hydrogen) atoms. The van der Waals surface area contributed by atoms with Crippen LogP contribution in [0.2, 0.25) is 5.02 Å². The summed E-state index contributed by atoms with van der Waals surface area (Å²) in [6.45, 7) is 2.75. The van der Waals surface area contributed by atoms with Gasteiger partial charge in [-0.3, -0.25) is 4.79 Å². The summed E-state index contributed by atoms with van der Waals surface area (Å²) in [4.78, 5) is 15.2. The fraction of sp³-hybridized carbons (Fsp3) is 0.222. The minimum absolute atomic E-state index is 0.100. The molecule has 3 aromatic carbocycles. The van der Waals surface area contributed by atoms with Crippen molar-refractivity contribution < 1.29 is 14.3 Å². The third-order valence-electron chi connectivity index (χ3n) is 5.69. The van der Waals surface area contributed by atoms with E-state index in [1.165, 1.54) is 25.3 Å². The molecule has 3 aromatic rings. The molecule has 0 fully saturated rings. The number of methoxy groups -OCH3 is 2. The summed E-state index contributed by atoms with van der Waals surface area (Å²) < 4.78 is 10.7. The molecule has 0 atom stereocenters. The fourth-order valence-electron chi connectivity index (χ4n) is 4.00. The lowest BCUT2D eigenvalue weighted by Gasteiger charge is -2.30. The first-order valence-electron chi connectivity index (χ1n) is 10.6. The van der Waals surface area contributed by atoms with Crippen LogP contribution in [0.25, 0.3) is 12.2 Å². The van der Waals surface area contributed by atoms with E-state index in [1.807, 2.05) is 11.0 Å². The highest BCUT2D eigenvalue weighted by molar-refractivity contribution is 6.32. The van der Waals surface area contributed by atoms with Crippen LogP contribution in [-0.4, -0.2) is 26.7 Å². The van der Waals surface area contributed by atoms with Crippen molar-refractivity contribution in [3.63, 3.8) is 0 Å². The van der Waals surface area contributed by atoms with Crippen molar-refractivity contribution in [3.8, 4) is 11.5 Å². The number of carbonyl (C=O) groups excluding carboxylic acids is 1. The Morgan fingerprint density at radius 3 is 2.41 bits per heavy atom. The average molecular weight is 448 g/mol. The van der Waals surface area contributed by atoms with E-state index in [4.69, 9.17) is 21.1 Å². The molecule has 5 heteroatoms. The second-order valence-electron chi connectivity index (χ2n) is 7.89. The molecule has 4 nitrogen and oxygen atoms in total. The van der Waals surface area contributed by atoms with Crippen molar-refractivity contribution in [2.45, 2.75) is 19.8 Å². The molecular formula is C27H26ClNO3. The Labute approximate surface area is 194 Å². The Hall–Kier alpha value is -3.24. The number of amides is 1. The third kappa shape index (κ3) is 4.51. The van der Waals surface area contributed by atoms with Crippen LogP contribution in [0.4, 0.5) is 5.69 Å². The number of halogens is 1. The van der Waals surface area contributed by atoms with E-state index in [9.17, 15) is 4.79 Å². The standard InChI is InChI=1S/C27H26ClNO3/c1-18-6-8-19(9-7-18)10-11-20-12-13-24-21(15-20)5-4-14-29(24)27(30)22-16-23(28)26(32-3)25(17-22)31-2/h6-13,15-17H,4-5,14H2,1-3H3/b11-10+. The highest BCUT2D eigenvalue weighted by Gasteiger charge is 2.25. The topological polar surface area (TPSA) is 38.8 Å². The van der Waals surface area contributed by atoms with Crippen LogP contribution >= 0.6 is 11.6 Å². The number of carbonyl (C=O) groups is 1. The molecule has 0 radical (unpaired) electrons. The lowest BCUT2D eigenvalue weighted by atomic mass is 9.98. The number of hydrogen-bond donors (Lipinski definition) is 0. The second-order valence-corrected chi connectivity index (χ2v) is 8.29. The Bertz CT molecular complexity index is 1170. The Morgan fingerprint density at radius 1 is 0.969 bits per heavy atom. The summed E-state index contributed by atoms with van der Waals surface area (Å²) in [6, 6.07) is 18.0. The van der Waals surface area contributed by atoms with Crippen LogP contribution in [0.15, 0.2) is 54.6 Å². The average Bonchev–Trinajstić information content (AvgIpc) is 2.82. The van der Waals surface area contributed by atoms with Gasteiger partial charge in [-0.1, -0.05) is 59.6 Å². The summed E-state index contributed by atoms with van der Waals surface area (Å²) in [5.74, 6) is 0.767. The van der Waals surface area contributed by atoms with Crippen LogP contribution in [0.1, 0.15) is 39.0 Å². The highest BCUT2D eigenvalue weighted by atomic mass is 35.5. The van der Waals surface area contributed by atoms with Gasteiger partial charge in [-0.05, 0) is 60.7 Å². The van der Waals surface area contributed by atoms with Gasteiger partial charge in [0.1, 0.15) is 0 Å². The zero-order valence-corrected chi connectivity index (χ0v) is 19.3. The predicted molar refractivity (Wildman–Crippen MR) is 131 cm³/mol. The smallest absolute Gasteiger partial charge is 0.258 e. The molecule has 1 amide bonds. The molecule has 1 aliphatic rings. The minimum atomic E-state index is -0.100. The molecule has 164 valence electrons. The quantitative estimate of drug-likeness (QED) is 0.423. The largest absolute Gasteiger partial charge is 0.493 e. The van der Waals surface area contributed by atoms with E-state index in [2.05, 4.69) is 55.5 Å². The molecule has 0 N–H and O–H groups in total. The highest BCUT2D eigenvalue weighted by Crippen LogP contribution is 2.37. The minimum Gasteiger partial charge on any atom is -0.493 e. The summed E-state index contributed by atoms with van der Waals surface area (Å²) in [5.41, 5.74) is 6.12. The summed E-state index contributed by atoms with van der Waals surface area (Å²) in [6.07, 6.45) is 6.07. The van der Waals surface area contributed by atoms with E-state index >= 15 is 0 Å². The van der Waals surface area contributed by atoms with Gasteiger partial charge in [-0.2, -0.15) is 0 Å². The van der Waals surface area contributed by atoms with E-state index in [1.54, 1.807) is 12.1 Å². The number of fused-ring (bicyclic) bond motifs is 1. The first-order valence-corrected chi connectivity index (χ1v) is 11.0. The maximum atomic E-state index is 13.4. The van der Waals surface area contributed by atoms with Crippen molar-refractivity contribution in [3.05, 3.63) is 87.4 Å². The number of hydrogen-bond acceptors (Lipinski definition) is 3. The van der Waals surface area contributed by atoms with Crippen LogP contribution in [0.5, 0.6) is 11.5 Å². The Morgan fingerprint density at radius 2 is 1.69 bits per heavy atom. The monoisotopic (exact) mass is 447 g/mol. The number of rotatable bonds is 5. The predicted octanol–water partition coefficient (Wildman–Crippen LogP) is 6.43. The number of nitrogens with zero attached hydrogens (tertiary/aromatic N) is 1. The van der Waals surface area contributed by atoms with Gasteiger partial charge in [0, 0.05) is 17.8 Å². The zero-order valence-electron chi connectivity index (χ0n) is 18.5. The maximum absolute atomic E-state index is 13.4. The SMILES string of the molecule is COc1cc(C(=O)N2CCCc3cc(/C=C/c4ccc(C)cc4)ccc32)cc(Cl)c1OC. The van der Waals surface area contributed by atoms with Gasteiger partial charge in [0.05, 0.1) is 19.2 Å². The molecule has 0 saturated heterocycles. The van der Waals surface area contributed by atoms with Crippen LogP contribution in [0.3, 0.4) is 0 Å². The van der Waals surface area contributed by atoms with E-state index < -0.39 is 0 Å². The fourth-order valence-corrected chi connectivity index (χ4v) is 4.29. The van der Waals surface area contributed by atoms with Crippen molar-refractivity contribution in [2.75, 3.05) is 25.7 Å². The summed E-state index contributed by atoms with van der Waals surface area (Å²) in [7, 11) is 3.06. The molecule has 0 aliphatic carbocycles. The normalized spacial score (nSPS) is 13.2. The van der Waals surface area contributed by atoms with Crippen molar-refractivity contribution >= 4 is 35.3 Å². The lowest BCUT2D eigenvalue weighted by Crippen LogP contribution is -2.35.